The van der Waals surface area contributed by atoms with Gasteiger partial charge in [0.05, 0.1) is 13.2 Å². The fourth-order valence-corrected chi connectivity index (χ4v) is 3.40. The van der Waals surface area contributed by atoms with E-state index in [4.69, 9.17) is 4.74 Å². The molecule has 0 radical (unpaired) electrons. The van der Waals surface area contributed by atoms with Crippen LogP contribution in [0.3, 0.4) is 0 Å². The summed E-state index contributed by atoms with van der Waals surface area (Å²) in [6.45, 7) is 2.23. The Balaban J connectivity index is 1.90. The molecule has 134 valence electrons. The lowest BCUT2D eigenvalue weighted by Crippen LogP contribution is -2.03. The number of carbonyl (C=O) groups excluding carboxylic acids is 1. The van der Waals surface area contributed by atoms with E-state index in [9.17, 15) is 4.79 Å². The van der Waals surface area contributed by atoms with Crippen molar-refractivity contribution in [3.63, 3.8) is 0 Å². The lowest BCUT2D eigenvalue weighted by atomic mass is 10.1. The molecule has 1 saturated heterocycles. The van der Waals surface area contributed by atoms with Gasteiger partial charge in [0.2, 0.25) is 0 Å². The van der Waals surface area contributed by atoms with Crippen molar-refractivity contribution in [2.75, 3.05) is 7.11 Å². The summed E-state index contributed by atoms with van der Waals surface area (Å²) >= 11 is 3.73. The van der Waals surface area contributed by atoms with Crippen molar-refractivity contribution in [1.82, 2.24) is 0 Å². The fraction of sp³-hybridized carbons (Fsp3) is 0.842. The molecule has 0 aromatic carbocycles. The van der Waals surface area contributed by atoms with Crippen molar-refractivity contribution in [3.05, 3.63) is 12.2 Å². The predicted octanol–water partition coefficient (Wildman–Crippen LogP) is 5.91. The molecule has 0 bridgehead atoms. The average Bonchev–Trinajstić information content (AvgIpc) is 3.19. The highest BCUT2D eigenvalue weighted by atomic mass is 79.9. The van der Waals surface area contributed by atoms with Gasteiger partial charge in [-0.2, -0.15) is 0 Å². The Bertz CT molecular complexity index is 357. The van der Waals surface area contributed by atoms with Gasteiger partial charge in [0.15, 0.2) is 4.51 Å². The molecule has 1 aliphatic heterocycles. The fourth-order valence-electron chi connectivity index (χ4n) is 2.76. The van der Waals surface area contributed by atoms with Crippen LogP contribution in [0.2, 0.25) is 0 Å². The second-order valence-corrected chi connectivity index (χ2v) is 7.79. The molecule has 0 aromatic rings. The molecule has 1 aliphatic rings. The summed E-state index contributed by atoms with van der Waals surface area (Å²) in [6, 6.07) is 0. The quantitative estimate of drug-likeness (QED) is 0.122. The van der Waals surface area contributed by atoms with Crippen LogP contribution in [0.1, 0.15) is 84.0 Å². The zero-order valence-corrected chi connectivity index (χ0v) is 16.4. The van der Waals surface area contributed by atoms with Crippen LogP contribution < -0.4 is 0 Å². The normalized spacial score (nSPS) is 23.3. The van der Waals surface area contributed by atoms with E-state index in [0.717, 1.165) is 25.7 Å². The molecule has 1 heterocycles. The first-order valence-corrected chi connectivity index (χ1v) is 10.00. The molecule has 0 aliphatic carbocycles. The Labute approximate surface area is 150 Å². The minimum atomic E-state index is -0.0908. The highest BCUT2D eigenvalue weighted by Gasteiger charge is 2.52. The van der Waals surface area contributed by atoms with Crippen LogP contribution in [0.15, 0.2) is 12.2 Å². The maximum absolute atomic E-state index is 11.0. The van der Waals surface area contributed by atoms with Crippen LogP contribution in [-0.2, 0) is 14.3 Å². The molecule has 0 aromatic heterocycles. The van der Waals surface area contributed by atoms with Gasteiger partial charge >= 0.3 is 5.97 Å². The standard InChI is InChI=1S/C19H33BrO3/c1-3-4-11-14-17-19(20,23-17)16-13-10-8-6-5-7-9-12-15-18(21)22-2/h10,13,17H,3-9,11-12,14-16H2,1-2H3. The summed E-state index contributed by atoms with van der Waals surface area (Å²) in [5.74, 6) is -0.0908. The molecular formula is C19H33BrO3. The Kier molecular flexibility index (Phi) is 10.9. The summed E-state index contributed by atoms with van der Waals surface area (Å²) in [5, 5.41) is 0. The van der Waals surface area contributed by atoms with Gasteiger partial charge in [-0.25, -0.2) is 0 Å². The monoisotopic (exact) mass is 388 g/mol. The van der Waals surface area contributed by atoms with Gasteiger partial charge in [-0.1, -0.05) is 73.5 Å². The summed E-state index contributed by atoms with van der Waals surface area (Å²) < 4.78 is 10.3. The van der Waals surface area contributed by atoms with Crippen LogP contribution >= 0.6 is 15.9 Å². The number of methoxy groups -OCH3 is 1. The summed E-state index contributed by atoms with van der Waals surface area (Å²) in [7, 11) is 1.45. The number of rotatable bonds is 14. The number of ether oxygens (including phenoxy) is 2. The van der Waals surface area contributed by atoms with Crippen molar-refractivity contribution in [1.29, 1.82) is 0 Å². The number of allylic oxidation sites excluding steroid dienone is 1. The summed E-state index contributed by atoms with van der Waals surface area (Å²) in [5.41, 5.74) is 0. The van der Waals surface area contributed by atoms with Gasteiger partial charge in [0.25, 0.3) is 0 Å². The molecule has 0 amide bonds. The summed E-state index contributed by atoms with van der Waals surface area (Å²) in [4.78, 5) is 11.0. The smallest absolute Gasteiger partial charge is 0.305 e. The lowest BCUT2D eigenvalue weighted by molar-refractivity contribution is -0.140. The van der Waals surface area contributed by atoms with E-state index >= 15 is 0 Å². The number of halogens is 1. The van der Waals surface area contributed by atoms with Crippen LogP contribution in [-0.4, -0.2) is 23.7 Å². The van der Waals surface area contributed by atoms with Crippen LogP contribution in [0.4, 0.5) is 0 Å². The Morgan fingerprint density at radius 3 is 2.61 bits per heavy atom. The molecule has 0 spiro atoms. The molecule has 3 nitrogen and oxygen atoms in total. The maximum atomic E-state index is 11.0. The van der Waals surface area contributed by atoms with E-state index in [2.05, 4.69) is 39.7 Å². The number of carbonyl (C=O) groups is 1. The Morgan fingerprint density at radius 1 is 1.13 bits per heavy atom. The van der Waals surface area contributed by atoms with Crippen molar-refractivity contribution in [2.45, 2.75) is 94.6 Å². The minimum Gasteiger partial charge on any atom is -0.469 e. The van der Waals surface area contributed by atoms with E-state index in [-0.39, 0.29) is 10.5 Å². The molecule has 2 atom stereocenters. The largest absolute Gasteiger partial charge is 0.469 e. The van der Waals surface area contributed by atoms with Crippen molar-refractivity contribution in [3.8, 4) is 0 Å². The summed E-state index contributed by atoms with van der Waals surface area (Å²) in [6.07, 6.45) is 18.4. The van der Waals surface area contributed by atoms with Gasteiger partial charge in [-0.05, 0) is 25.7 Å². The van der Waals surface area contributed by atoms with Crippen LogP contribution in [0.5, 0.6) is 0 Å². The molecule has 0 saturated carbocycles. The zero-order chi connectivity index (χ0) is 17.0. The second-order valence-electron chi connectivity index (χ2n) is 6.45. The number of epoxide rings is 1. The molecule has 0 N–H and O–H groups in total. The van der Waals surface area contributed by atoms with Crippen molar-refractivity contribution < 1.29 is 14.3 Å². The number of alkyl halides is 1. The molecule has 1 rings (SSSR count). The van der Waals surface area contributed by atoms with E-state index in [1.54, 1.807) is 0 Å². The first-order chi connectivity index (χ1) is 11.1. The SMILES string of the molecule is CCCCCC1OC1(Br)CC=CCCCCCCCC(=O)OC. The third-order valence-electron chi connectivity index (χ3n) is 4.37. The van der Waals surface area contributed by atoms with Crippen molar-refractivity contribution >= 4 is 21.9 Å². The third kappa shape index (κ3) is 9.51. The highest BCUT2D eigenvalue weighted by Crippen LogP contribution is 2.48. The van der Waals surface area contributed by atoms with E-state index in [1.807, 2.05) is 0 Å². The van der Waals surface area contributed by atoms with E-state index in [1.165, 1.54) is 52.1 Å². The number of hydrogen-bond donors (Lipinski definition) is 0. The Morgan fingerprint density at radius 2 is 1.87 bits per heavy atom. The van der Waals surface area contributed by atoms with Crippen LogP contribution in [0, 0.1) is 0 Å². The maximum Gasteiger partial charge on any atom is 0.305 e. The molecule has 4 heteroatoms. The van der Waals surface area contributed by atoms with Gasteiger partial charge in [0.1, 0.15) is 0 Å². The molecule has 23 heavy (non-hydrogen) atoms. The Hall–Kier alpha value is -0.350. The minimum absolute atomic E-state index is 0.0644. The average molecular weight is 389 g/mol. The topological polar surface area (TPSA) is 38.8 Å². The molecule has 2 unspecified atom stereocenters. The van der Waals surface area contributed by atoms with E-state index < -0.39 is 0 Å². The highest BCUT2D eigenvalue weighted by molar-refractivity contribution is 9.10. The van der Waals surface area contributed by atoms with Gasteiger partial charge in [0, 0.05) is 12.8 Å². The first-order valence-electron chi connectivity index (χ1n) is 9.21. The van der Waals surface area contributed by atoms with E-state index in [0.29, 0.717) is 12.5 Å². The number of esters is 1. The number of unbranched alkanes of at least 4 members (excludes halogenated alkanes) is 7. The van der Waals surface area contributed by atoms with Gasteiger partial charge in [-0.3, -0.25) is 4.79 Å². The number of hydrogen-bond acceptors (Lipinski definition) is 3. The van der Waals surface area contributed by atoms with Gasteiger partial charge < -0.3 is 9.47 Å². The van der Waals surface area contributed by atoms with Crippen molar-refractivity contribution in [2.24, 2.45) is 0 Å². The van der Waals surface area contributed by atoms with Crippen LogP contribution in [0.25, 0.3) is 0 Å². The third-order valence-corrected chi connectivity index (χ3v) is 5.40. The predicted molar refractivity (Wildman–Crippen MR) is 98.8 cm³/mol. The molecular weight excluding hydrogens is 356 g/mol. The second kappa shape index (κ2) is 12.1. The lowest BCUT2D eigenvalue weighted by Gasteiger charge is -2.01. The van der Waals surface area contributed by atoms with Gasteiger partial charge in [-0.15, -0.1) is 0 Å². The zero-order valence-electron chi connectivity index (χ0n) is 14.8. The first kappa shape index (κ1) is 20.7. The molecule has 1 fully saturated rings.